The minimum Gasteiger partial charge on any atom is -0.504 e. The highest BCUT2D eigenvalue weighted by Gasteiger charge is 2.34. The first-order valence-electron chi connectivity index (χ1n) is 8.94. The molecule has 0 spiro atoms. The first kappa shape index (κ1) is 19.3. The lowest BCUT2D eigenvalue weighted by atomic mass is 10.0. The van der Waals surface area contributed by atoms with Gasteiger partial charge in [-0.15, -0.1) is 0 Å². The van der Waals surface area contributed by atoms with Crippen molar-refractivity contribution >= 4 is 44.4 Å². The van der Waals surface area contributed by atoms with Crippen molar-refractivity contribution < 1.29 is 19.0 Å². The summed E-state index contributed by atoms with van der Waals surface area (Å²) in [4.78, 5) is 11.9. The summed E-state index contributed by atoms with van der Waals surface area (Å²) in [5, 5.41) is 11.6. The number of ether oxygens (including phenoxy) is 1. The molecule has 146 valence electrons. The summed E-state index contributed by atoms with van der Waals surface area (Å²) in [6.07, 6.45) is 1.68. The maximum absolute atomic E-state index is 14.2. The van der Waals surface area contributed by atoms with Crippen molar-refractivity contribution in [2.75, 3.05) is 7.11 Å². The van der Waals surface area contributed by atoms with E-state index in [0.717, 1.165) is 28.8 Å². The topological polar surface area (TPSA) is 51.5 Å². The van der Waals surface area contributed by atoms with E-state index in [0.29, 0.717) is 27.8 Å². The fraction of sp³-hybridized carbons (Fsp3) is 0.286. The third kappa shape index (κ3) is 3.18. The molecule has 1 heterocycles. The lowest BCUT2D eigenvalue weighted by molar-refractivity contribution is -0.141. The van der Waals surface area contributed by atoms with Crippen LogP contribution in [0.15, 0.2) is 34.8 Å². The molecule has 0 bridgehead atoms. The normalized spacial score (nSPS) is 15.8. The number of hydrogen-bond acceptors (Lipinski definition) is 3. The molecule has 0 saturated heterocycles. The van der Waals surface area contributed by atoms with E-state index in [1.165, 1.54) is 13.2 Å². The van der Waals surface area contributed by atoms with Gasteiger partial charge in [0, 0.05) is 33.0 Å². The highest BCUT2D eigenvalue weighted by Crippen LogP contribution is 2.47. The number of nitrogens with zero attached hydrogens (tertiary/aromatic N) is 1. The first-order chi connectivity index (χ1) is 13.4. The molecule has 0 radical (unpaired) electrons. The summed E-state index contributed by atoms with van der Waals surface area (Å²) >= 11 is 9.46. The largest absolute Gasteiger partial charge is 0.504 e. The van der Waals surface area contributed by atoms with Gasteiger partial charge >= 0.3 is 5.97 Å². The molecule has 2 aromatic carbocycles. The molecule has 1 N–H and O–H groups in total. The average molecular weight is 467 g/mol. The van der Waals surface area contributed by atoms with Crippen LogP contribution in [0.4, 0.5) is 4.39 Å². The van der Waals surface area contributed by atoms with Crippen LogP contribution < -0.4 is 0 Å². The minimum atomic E-state index is -0.665. The molecule has 3 aromatic rings. The van der Waals surface area contributed by atoms with Crippen molar-refractivity contribution in [1.82, 2.24) is 4.57 Å². The van der Waals surface area contributed by atoms with Gasteiger partial charge in [-0.25, -0.2) is 4.39 Å². The monoisotopic (exact) mass is 465 g/mol. The fourth-order valence-electron chi connectivity index (χ4n) is 4.16. The van der Waals surface area contributed by atoms with Crippen molar-refractivity contribution in [3.05, 3.63) is 62.5 Å². The Kier molecular flexibility index (Phi) is 5.10. The van der Waals surface area contributed by atoms with E-state index in [1.54, 1.807) is 0 Å². The Bertz CT molecular complexity index is 1080. The number of fused-ring (bicyclic) bond motifs is 3. The van der Waals surface area contributed by atoms with Gasteiger partial charge in [0.1, 0.15) is 0 Å². The molecule has 1 aliphatic carbocycles. The standard InChI is InChI=1S/C21H18BrClFNO3/c1-28-17(26)8-12-4-7-14-18-20(15(22)9-16(24)21(18)27)25(19(12)14)10-11-2-5-13(23)6-3-11/h2-3,5-6,9,12,27H,4,7-8,10H2,1H3. The SMILES string of the molecule is COC(=O)CC1CCc2c1n(Cc1ccc(Cl)cc1)c1c(Br)cc(F)c(O)c21. The third-order valence-electron chi connectivity index (χ3n) is 5.38. The lowest BCUT2D eigenvalue weighted by Gasteiger charge is -2.17. The Morgan fingerprint density at radius 3 is 2.79 bits per heavy atom. The van der Waals surface area contributed by atoms with Gasteiger partial charge < -0.3 is 14.4 Å². The Hall–Kier alpha value is -2.05. The smallest absolute Gasteiger partial charge is 0.306 e. The molecule has 0 aliphatic heterocycles. The Morgan fingerprint density at radius 1 is 1.39 bits per heavy atom. The van der Waals surface area contributed by atoms with Crippen LogP contribution in [0.3, 0.4) is 0 Å². The third-order valence-corrected chi connectivity index (χ3v) is 6.23. The number of aromatic hydroxyl groups is 1. The Balaban J connectivity index is 1.93. The summed E-state index contributed by atoms with van der Waals surface area (Å²) in [6, 6.07) is 8.78. The summed E-state index contributed by atoms with van der Waals surface area (Å²) in [5.41, 5.74) is 3.60. The molecular formula is C21H18BrClFNO3. The van der Waals surface area contributed by atoms with Crippen molar-refractivity contribution in [2.45, 2.75) is 31.7 Å². The molecule has 0 saturated carbocycles. The maximum Gasteiger partial charge on any atom is 0.306 e. The molecule has 1 unspecified atom stereocenters. The molecule has 4 rings (SSSR count). The number of rotatable bonds is 4. The number of carbonyl (C=O) groups excluding carboxylic acids is 1. The number of carbonyl (C=O) groups is 1. The van der Waals surface area contributed by atoms with E-state index in [9.17, 15) is 14.3 Å². The van der Waals surface area contributed by atoms with Gasteiger partial charge in [-0.2, -0.15) is 0 Å². The second-order valence-electron chi connectivity index (χ2n) is 7.00. The number of aromatic nitrogens is 1. The molecule has 7 heteroatoms. The molecule has 1 aromatic heterocycles. The van der Waals surface area contributed by atoms with E-state index in [1.807, 2.05) is 24.3 Å². The van der Waals surface area contributed by atoms with E-state index in [4.69, 9.17) is 16.3 Å². The fourth-order valence-corrected chi connectivity index (χ4v) is 4.89. The maximum atomic E-state index is 14.2. The predicted molar refractivity (Wildman–Crippen MR) is 110 cm³/mol. The lowest BCUT2D eigenvalue weighted by Crippen LogP contribution is -2.12. The van der Waals surface area contributed by atoms with Crippen LogP contribution in [0.1, 0.15) is 35.6 Å². The van der Waals surface area contributed by atoms with Crippen LogP contribution in [0.2, 0.25) is 5.02 Å². The highest BCUT2D eigenvalue weighted by atomic mass is 79.9. The zero-order valence-electron chi connectivity index (χ0n) is 15.1. The van der Waals surface area contributed by atoms with Crippen molar-refractivity contribution in [3.63, 3.8) is 0 Å². The van der Waals surface area contributed by atoms with Crippen LogP contribution in [-0.4, -0.2) is 22.8 Å². The molecule has 0 amide bonds. The van der Waals surface area contributed by atoms with Crippen molar-refractivity contribution in [1.29, 1.82) is 0 Å². The predicted octanol–water partition coefficient (Wildman–Crippen LogP) is 5.54. The van der Waals surface area contributed by atoms with Crippen molar-refractivity contribution in [3.8, 4) is 5.75 Å². The van der Waals surface area contributed by atoms with E-state index < -0.39 is 5.82 Å². The van der Waals surface area contributed by atoms with Crippen LogP contribution in [0.25, 0.3) is 10.9 Å². The van der Waals surface area contributed by atoms with E-state index in [2.05, 4.69) is 20.5 Å². The van der Waals surface area contributed by atoms with Crippen LogP contribution in [-0.2, 0) is 22.5 Å². The number of esters is 1. The number of aryl methyl sites for hydroxylation is 1. The minimum absolute atomic E-state index is 0.0449. The van der Waals surface area contributed by atoms with Gasteiger partial charge in [0.05, 0.1) is 19.0 Å². The molecule has 28 heavy (non-hydrogen) atoms. The zero-order chi connectivity index (χ0) is 20.0. The second kappa shape index (κ2) is 7.41. The number of halogens is 3. The number of benzene rings is 2. The Labute approximate surface area is 175 Å². The van der Waals surface area contributed by atoms with Gasteiger partial charge in [0.2, 0.25) is 0 Å². The molecule has 1 atom stereocenters. The summed E-state index contributed by atoms with van der Waals surface area (Å²) in [5.74, 6) is -1.34. The van der Waals surface area contributed by atoms with Gasteiger partial charge in [-0.05, 0) is 58.1 Å². The molecule has 0 fully saturated rings. The van der Waals surface area contributed by atoms with Gasteiger partial charge in [0.15, 0.2) is 11.6 Å². The first-order valence-corrected chi connectivity index (χ1v) is 10.1. The number of phenolic OH excluding ortho intramolecular Hbond substituents is 1. The van der Waals surface area contributed by atoms with Crippen LogP contribution in [0.5, 0.6) is 5.75 Å². The number of methoxy groups -OCH3 is 1. The highest BCUT2D eigenvalue weighted by molar-refractivity contribution is 9.10. The average Bonchev–Trinajstić information content (AvgIpc) is 3.21. The molecule has 4 nitrogen and oxygen atoms in total. The summed E-state index contributed by atoms with van der Waals surface area (Å²) < 4.78 is 21.7. The van der Waals surface area contributed by atoms with E-state index in [-0.39, 0.29) is 24.1 Å². The van der Waals surface area contributed by atoms with Crippen LogP contribution in [0, 0.1) is 5.82 Å². The second-order valence-corrected chi connectivity index (χ2v) is 8.30. The summed E-state index contributed by atoms with van der Waals surface area (Å²) in [6.45, 7) is 0.518. The van der Waals surface area contributed by atoms with E-state index >= 15 is 0 Å². The van der Waals surface area contributed by atoms with Gasteiger partial charge in [0.25, 0.3) is 0 Å². The Morgan fingerprint density at radius 2 is 2.11 bits per heavy atom. The summed E-state index contributed by atoms with van der Waals surface area (Å²) in [7, 11) is 1.37. The van der Waals surface area contributed by atoms with Crippen LogP contribution >= 0.6 is 27.5 Å². The number of phenols is 1. The van der Waals surface area contributed by atoms with Gasteiger partial charge in [-0.1, -0.05) is 23.7 Å². The number of hydrogen-bond donors (Lipinski definition) is 1. The van der Waals surface area contributed by atoms with Gasteiger partial charge in [-0.3, -0.25) is 4.79 Å². The molecule has 1 aliphatic rings. The van der Waals surface area contributed by atoms with Crippen molar-refractivity contribution in [2.24, 2.45) is 0 Å². The molecular weight excluding hydrogens is 449 g/mol. The quantitative estimate of drug-likeness (QED) is 0.513. The zero-order valence-corrected chi connectivity index (χ0v) is 17.5.